The number of aliphatic hydroxyl groups is 1. The average Bonchev–Trinajstić information content (AvgIpc) is 3.20. The molecule has 0 saturated heterocycles. The summed E-state index contributed by atoms with van der Waals surface area (Å²) < 4.78 is 10.8. The molecule has 25 heavy (non-hydrogen) atoms. The summed E-state index contributed by atoms with van der Waals surface area (Å²) in [5, 5.41) is 16.2. The van der Waals surface area contributed by atoms with Crippen LogP contribution in [0.2, 0.25) is 0 Å². The summed E-state index contributed by atoms with van der Waals surface area (Å²) in [5.41, 5.74) is 0.971. The number of furan rings is 1. The van der Waals surface area contributed by atoms with Crippen molar-refractivity contribution in [1.29, 1.82) is 0 Å². The van der Waals surface area contributed by atoms with Crippen molar-refractivity contribution in [3.63, 3.8) is 0 Å². The predicted octanol–water partition coefficient (Wildman–Crippen LogP) is 2.79. The van der Waals surface area contributed by atoms with E-state index in [4.69, 9.17) is 9.15 Å². The number of methoxy groups -OCH3 is 1. The highest BCUT2D eigenvalue weighted by atomic mass is 16.5. The molecule has 2 aromatic rings. The molecule has 2 unspecified atom stereocenters. The number of urea groups is 1. The fourth-order valence-corrected chi connectivity index (χ4v) is 3.23. The number of benzene rings is 1. The summed E-state index contributed by atoms with van der Waals surface area (Å²) in [7, 11) is 1.65. The van der Waals surface area contributed by atoms with Gasteiger partial charge >= 0.3 is 6.03 Å². The van der Waals surface area contributed by atoms with Crippen LogP contribution in [0.3, 0.4) is 0 Å². The topological polar surface area (TPSA) is 83.7 Å². The molecule has 0 aliphatic heterocycles. The molecule has 0 radical (unpaired) electrons. The number of rotatable bonds is 5. The van der Waals surface area contributed by atoms with Crippen molar-refractivity contribution in [2.75, 3.05) is 13.7 Å². The van der Waals surface area contributed by atoms with Crippen LogP contribution in [0.15, 0.2) is 34.7 Å². The molecule has 134 valence electrons. The fraction of sp³-hybridized carbons (Fsp3) is 0.421. The molecule has 0 saturated carbocycles. The molecule has 2 amide bonds. The van der Waals surface area contributed by atoms with E-state index >= 15 is 0 Å². The van der Waals surface area contributed by atoms with E-state index in [1.807, 2.05) is 25.1 Å². The smallest absolute Gasteiger partial charge is 0.315 e. The van der Waals surface area contributed by atoms with Crippen LogP contribution in [-0.2, 0) is 12.0 Å². The number of fused-ring (bicyclic) bond motifs is 1. The van der Waals surface area contributed by atoms with Gasteiger partial charge in [0.05, 0.1) is 19.7 Å². The molecule has 0 fully saturated rings. The Labute approximate surface area is 147 Å². The molecule has 1 aliphatic carbocycles. The van der Waals surface area contributed by atoms with Gasteiger partial charge in [0.25, 0.3) is 0 Å². The standard InChI is InChI=1S/C19H24N2O4/c1-12-7-10-17(25-12)19(2,23)11-20-18(22)21-15-9-8-14-13(15)5-4-6-16(14)24-3/h4-7,10,15,23H,8-9,11H2,1-3H3,(H2,20,21,22). The highest BCUT2D eigenvalue weighted by Gasteiger charge is 2.29. The molecular weight excluding hydrogens is 320 g/mol. The van der Waals surface area contributed by atoms with Crippen LogP contribution >= 0.6 is 0 Å². The number of carbonyl (C=O) groups is 1. The maximum absolute atomic E-state index is 12.3. The van der Waals surface area contributed by atoms with Gasteiger partial charge < -0.3 is 24.9 Å². The normalized spacial score (nSPS) is 18.3. The second-order valence-corrected chi connectivity index (χ2v) is 6.63. The van der Waals surface area contributed by atoms with Gasteiger partial charge in [-0.1, -0.05) is 12.1 Å². The van der Waals surface area contributed by atoms with Crippen LogP contribution in [-0.4, -0.2) is 24.8 Å². The Morgan fingerprint density at radius 1 is 1.40 bits per heavy atom. The molecule has 6 heteroatoms. The van der Waals surface area contributed by atoms with Crippen molar-refractivity contribution in [3.8, 4) is 5.75 Å². The Morgan fingerprint density at radius 3 is 2.88 bits per heavy atom. The van der Waals surface area contributed by atoms with E-state index < -0.39 is 5.60 Å². The maximum atomic E-state index is 12.3. The largest absolute Gasteiger partial charge is 0.496 e. The lowest BCUT2D eigenvalue weighted by Crippen LogP contribution is -2.44. The first-order valence-corrected chi connectivity index (χ1v) is 8.40. The zero-order chi connectivity index (χ0) is 18.0. The summed E-state index contributed by atoms with van der Waals surface area (Å²) in [4.78, 5) is 12.3. The SMILES string of the molecule is COc1cccc2c1CCC2NC(=O)NCC(C)(O)c1ccc(C)o1. The Kier molecular flexibility index (Phi) is 4.72. The van der Waals surface area contributed by atoms with Gasteiger partial charge in [-0.2, -0.15) is 0 Å². The minimum Gasteiger partial charge on any atom is -0.496 e. The van der Waals surface area contributed by atoms with Crippen LogP contribution in [0.5, 0.6) is 5.75 Å². The summed E-state index contributed by atoms with van der Waals surface area (Å²) in [6.07, 6.45) is 1.70. The molecule has 1 aromatic carbocycles. The third-order valence-electron chi connectivity index (χ3n) is 4.62. The van der Waals surface area contributed by atoms with Gasteiger partial charge in [-0.25, -0.2) is 4.79 Å². The molecule has 0 spiro atoms. The molecular formula is C19H24N2O4. The quantitative estimate of drug-likeness (QED) is 0.779. The maximum Gasteiger partial charge on any atom is 0.315 e. The van der Waals surface area contributed by atoms with Gasteiger partial charge in [-0.15, -0.1) is 0 Å². The fourth-order valence-electron chi connectivity index (χ4n) is 3.23. The van der Waals surface area contributed by atoms with Crippen LogP contribution < -0.4 is 15.4 Å². The summed E-state index contributed by atoms with van der Waals surface area (Å²) >= 11 is 0. The lowest BCUT2D eigenvalue weighted by molar-refractivity contribution is 0.0359. The zero-order valence-electron chi connectivity index (χ0n) is 14.8. The van der Waals surface area contributed by atoms with Crippen molar-refractivity contribution in [2.45, 2.75) is 38.3 Å². The molecule has 1 heterocycles. The molecule has 1 aliphatic rings. The van der Waals surface area contributed by atoms with Crippen molar-refractivity contribution in [2.24, 2.45) is 0 Å². The van der Waals surface area contributed by atoms with Crippen LogP contribution in [0.1, 0.15) is 42.0 Å². The van der Waals surface area contributed by atoms with E-state index in [0.29, 0.717) is 5.76 Å². The highest BCUT2D eigenvalue weighted by Crippen LogP contribution is 2.36. The monoisotopic (exact) mass is 344 g/mol. The second-order valence-electron chi connectivity index (χ2n) is 6.63. The van der Waals surface area contributed by atoms with E-state index in [1.54, 1.807) is 26.2 Å². The number of hydrogen-bond donors (Lipinski definition) is 3. The van der Waals surface area contributed by atoms with Crippen molar-refractivity contribution in [1.82, 2.24) is 10.6 Å². The molecule has 0 bridgehead atoms. The number of amides is 2. The zero-order valence-corrected chi connectivity index (χ0v) is 14.8. The first kappa shape index (κ1) is 17.4. The molecule has 1 aromatic heterocycles. The van der Waals surface area contributed by atoms with Crippen molar-refractivity contribution >= 4 is 6.03 Å². The number of ether oxygens (including phenoxy) is 1. The summed E-state index contributed by atoms with van der Waals surface area (Å²) in [6, 6.07) is 9.01. The number of aryl methyl sites for hydroxylation is 1. The van der Waals surface area contributed by atoms with E-state index in [2.05, 4.69) is 10.6 Å². The van der Waals surface area contributed by atoms with Gasteiger partial charge in [0.1, 0.15) is 22.9 Å². The Bertz CT molecular complexity index is 767. The molecule has 3 rings (SSSR count). The van der Waals surface area contributed by atoms with E-state index in [1.165, 1.54) is 0 Å². The lowest BCUT2D eigenvalue weighted by Gasteiger charge is -2.22. The first-order chi connectivity index (χ1) is 11.9. The second kappa shape index (κ2) is 6.80. The summed E-state index contributed by atoms with van der Waals surface area (Å²) in [5.74, 6) is 2.01. The Morgan fingerprint density at radius 2 is 2.20 bits per heavy atom. The van der Waals surface area contributed by atoms with Crippen LogP contribution in [0.25, 0.3) is 0 Å². The highest BCUT2D eigenvalue weighted by molar-refractivity contribution is 5.75. The molecule has 6 nitrogen and oxygen atoms in total. The number of nitrogens with one attached hydrogen (secondary N) is 2. The average molecular weight is 344 g/mol. The summed E-state index contributed by atoms with van der Waals surface area (Å²) in [6.45, 7) is 3.48. The number of hydrogen-bond acceptors (Lipinski definition) is 4. The van der Waals surface area contributed by atoms with Crippen LogP contribution in [0.4, 0.5) is 4.79 Å². The van der Waals surface area contributed by atoms with Gasteiger partial charge in [-0.05, 0) is 56.0 Å². The van der Waals surface area contributed by atoms with E-state index in [-0.39, 0.29) is 18.6 Å². The molecule has 2 atom stereocenters. The third kappa shape index (κ3) is 3.64. The lowest BCUT2D eigenvalue weighted by atomic mass is 10.0. The number of carbonyl (C=O) groups excluding carboxylic acids is 1. The minimum absolute atomic E-state index is 0.0547. The van der Waals surface area contributed by atoms with Gasteiger partial charge in [0.2, 0.25) is 0 Å². The van der Waals surface area contributed by atoms with Gasteiger partial charge in [0.15, 0.2) is 0 Å². The first-order valence-electron chi connectivity index (χ1n) is 8.40. The van der Waals surface area contributed by atoms with Crippen molar-refractivity contribution in [3.05, 3.63) is 53.0 Å². The molecule has 3 N–H and O–H groups in total. The third-order valence-corrected chi connectivity index (χ3v) is 4.62. The van der Waals surface area contributed by atoms with Gasteiger partial charge in [-0.3, -0.25) is 0 Å². The Balaban J connectivity index is 1.60. The van der Waals surface area contributed by atoms with E-state index in [9.17, 15) is 9.90 Å². The Hall–Kier alpha value is -2.47. The van der Waals surface area contributed by atoms with Gasteiger partial charge in [0, 0.05) is 0 Å². The van der Waals surface area contributed by atoms with Crippen molar-refractivity contribution < 1.29 is 19.1 Å². The van der Waals surface area contributed by atoms with E-state index in [0.717, 1.165) is 35.5 Å². The minimum atomic E-state index is -1.26. The predicted molar refractivity (Wildman–Crippen MR) is 93.6 cm³/mol. The van der Waals surface area contributed by atoms with Crippen LogP contribution in [0, 0.1) is 6.92 Å².